The Balaban J connectivity index is 2.11. The van der Waals surface area contributed by atoms with Crippen LogP contribution in [0.4, 0.5) is 0 Å². The molecule has 2 N–H and O–H groups in total. The summed E-state index contributed by atoms with van der Waals surface area (Å²) >= 11 is 0. The highest BCUT2D eigenvalue weighted by Gasteiger charge is 2.17. The number of carbonyl (C=O) groups excluding carboxylic acids is 1. The van der Waals surface area contributed by atoms with E-state index in [0.717, 1.165) is 5.56 Å². The first-order chi connectivity index (χ1) is 13.1. The maximum absolute atomic E-state index is 13.0. The number of pyridine rings is 3. The van der Waals surface area contributed by atoms with E-state index in [9.17, 15) is 9.59 Å². The standard InChI is InChI=1S/C19H16N6O2/c1-21-18(26)13-9-14-17(23-15-6-2-3-8-24(15)19(14)27)25(16(13)20)11-12-5-4-7-22-10-12/h2-10,20H,11H2,1H3,(H,21,26). The first-order valence-electron chi connectivity index (χ1n) is 8.30. The van der Waals surface area contributed by atoms with Gasteiger partial charge >= 0.3 is 0 Å². The number of fused-ring (bicyclic) bond motifs is 2. The van der Waals surface area contributed by atoms with Crippen molar-refractivity contribution in [3.05, 3.63) is 82.0 Å². The molecular formula is C19H16N6O2. The van der Waals surface area contributed by atoms with E-state index in [1.54, 1.807) is 47.4 Å². The van der Waals surface area contributed by atoms with Crippen molar-refractivity contribution in [2.45, 2.75) is 6.54 Å². The van der Waals surface area contributed by atoms with Gasteiger partial charge in [-0.05, 0) is 29.8 Å². The Bertz CT molecular complexity index is 1290. The van der Waals surface area contributed by atoms with Gasteiger partial charge in [-0.2, -0.15) is 0 Å². The van der Waals surface area contributed by atoms with Gasteiger partial charge in [-0.3, -0.25) is 24.4 Å². The number of carbonyl (C=O) groups is 1. The summed E-state index contributed by atoms with van der Waals surface area (Å²) < 4.78 is 2.99. The van der Waals surface area contributed by atoms with Crippen LogP contribution in [0.15, 0.2) is 59.8 Å². The van der Waals surface area contributed by atoms with Crippen molar-refractivity contribution >= 4 is 22.6 Å². The van der Waals surface area contributed by atoms with Gasteiger partial charge in [-0.15, -0.1) is 0 Å². The van der Waals surface area contributed by atoms with E-state index in [4.69, 9.17) is 5.41 Å². The van der Waals surface area contributed by atoms with Crippen LogP contribution < -0.4 is 16.4 Å². The fraction of sp³-hybridized carbons (Fsp3) is 0.105. The second-order valence-electron chi connectivity index (χ2n) is 6.02. The summed E-state index contributed by atoms with van der Waals surface area (Å²) in [4.78, 5) is 33.9. The zero-order valence-electron chi connectivity index (χ0n) is 14.5. The third kappa shape index (κ3) is 2.77. The summed E-state index contributed by atoms with van der Waals surface area (Å²) in [6.45, 7) is 0.267. The minimum Gasteiger partial charge on any atom is -0.355 e. The third-order valence-corrected chi connectivity index (χ3v) is 4.35. The van der Waals surface area contributed by atoms with Crippen LogP contribution in [0, 0.1) is 5.41 Å². The first kappa shape index (κ1) is 16.6. The first-order valence-corrected chi connectivity index (χ1v) is 8.30. The molecule has 134 valence electrons. The lowest BCUT2D eigenvalue weighted by Crippen LogP contribution is -2.34. The minimum absolute atomic E-state index is 0.0158. The molecule has 1 amide bonds. The molecule has 4 aromatic rings. The fourth-order valence-electron chi connectivity index (χ4n) is 3.02. The normalized spacial score (nSPS) is 11.0. The van der Waals surface area contributed by atoms with E-state index in [1.165, 1.54) is 17.5 Å². The van der Waals surface area contributed by atoms with Crippen molar-refractivity contribution in [3.8, 4) is 0 Å². The summed E-state index contributed by atoms with van der Waals surface area (Å²) in [6.07, 6.45) is 4.97. The molecule has 0 radical (unpaired) electrons. The van der Waals surface area contributed by atoms with Gasteiger partial charge in [0.05, 0.1) is 17.5 Å². The molecule has 8 heteroatoms. The zero-order chi connectivity index (χ0) is 19.0. The van der Waals surface area contributed by atoms with Crippen molar-refractivity contribution in [2.75, 3.05) is 7.05 Å². The topological polar surface area (TPSA) is 105 Å². The Morgan fingerprint density at radius 1 is 1.26 bits per heavy atom. The number of rotatable bonds is 3. The van der Waals surface area contributed by atoms with Gasteiger partial charge in [-0.1, -0.05) is 12.1 Å². The van der Waals surface area contributed by atoms with Gasteiger partial charge in [0.1, 0.15) is 16.8 Å². The second kappa shape index (κ2) is 6.49. The van der Waals surface area contributed by atoms with E-state index < -0.39 is 5.91 Å². The molecule has 0 saturated heterocycles. The molecule has 4 heterocycles. The van der Waals surface area contributed by atoms with Crippen molar-refractivity contribution in [3.63, 3.8) is 0 Å². The van der Waals surface area contributed by atoms with Crippen molar-refractivity contribution in [1.29, 1.82) is 5.41 Å². The van der Waals surface area contributed by atoms with Crippen molar-refractivity contribution in [2.24, 2.45) is 0 Å². The van der Waals surface area contributed by atoms with E-state index in [1.807, 2.05) is 6.07 Å². The van der Waals surface area contributed by atoms with E-state index in [-0.39, 0.29) is 28.5 Å². The highest BCUT2D eigenvalue weighted by atomic mass is 16.1. The predicted molar refractivity (Wildman–Crippen MR) is 99.5 cm³/mol. The van der Waals surface area contributed by atoms with E-state index in [2.05, 4.69) is 15.3 Å². The van der Waals surface area contributed by atoms with Crippen LogP contribution in [0.1, 0.15) is 15.9 Å². The van der Waals surface area contributed by atoms with Gasteiger partial charge in [-0.25, -0.2) is 4.98 Å². The summed E-state index contributed by atoms with van der Waals surface area (Å²) in [5.41, 5.74) is 1.47. The van der Waals surface area contributed by atoms with Crippen molar-refractivity contribution < 1.29 is 4.79 Å². The maximum Gasteiger partial charge on any atom is 0.267 e. The number of hydrogen-bond donors (Lipinski definition) is 2. The molecule has 0 aliphatic rings. The van der Waals surface area contributed by atoms with Gasteiger partial charge in [0.25, 0.3) is 11.5 Å². The average Bonchev–Trinajstić information content (AvgIpc) is 2.70. The Hall–Kier alpha value is -3.81. The molecule has 0 unspecified atom stereocenters. The lowest BCUT2D eigenvalue weighted by molar-refractivity contribution is 0.0960. The molecule has 0 spiro atoms. The SMILES string of the molecule is CNC(=O)c1cc2c(=O)n3ccccc3nc2n(Cc2cccnc2)c1=N. The highest BCUT2D eigenvalue weighted by Crippen LogP contribution is 2.12. The Morgan fingerprint density at radius 3 is 2.85 bits per heavy atom. The Labute approximate surface area is 153 Å². The van der Waals surface area contributed by atoms with Crippen LogP contribution in [-0.2, 0) is 6.54 Å². The largest absolute Gasteiger partial charge is 0.355 e. The van der Waals surface area contributed by atoms with Crippen LogP contribution >= 0.6 is 0 Å². The average molecular weight is 360 g/mol. The fourth-order valence-corrected chi connectivity index (χ4v) is 3.02. The molecule has 27 heavy (non-hydrogen) atoms. The molecule has 0 saturated carbocycles. The molecule has 0 atom stereocenters. The van der Waals surface area contributed by atoms with Gasteiger partial charge in [0, 0.05) is 25.6 Å². The number of nitrogens with zero attached hydrogens (tertiary/aromatic N) is 4. The number of nitrogens with one attached hydrogen (secondary N) is 2. The van der Waals surface area contributed by atoms with Gasteiger partial charge < -0.3 is 9.88 Å². The molecule has 4 rings (SSSR count). The maximum atomic E-state index is 13.0. The van der Waals surface area contributed by atoms with Gasteiger partial charge in [0.2, 0.25) is 0 Å². The zero-order valence-corrected chi connectivity index (χ0v) is 14.5. The Kier molecular flexibility index (Phi) is 4.00. The van der Waals surface area contributed by atoms with E-state index in [0.29, 0.717) is 11.3 Å². The molecular weight excluding hydrogens is 344 g/mol. The minimum atomic E-state index is -0.431. The van der Waals surface area contributed by atoms with Gasteiger partial charge in [0.15, 0.2) is 0 Å². The number of amides is 1. The molecule has 0 aromatic carbocycles. The molecule has 0 bridgehead atoms. The summed E-state index contributed by atoms with van der Waals surface area (Å²) in [5, 5.41) is 11.3. The molecule has 8 nitrogen and oxygen atoms in total. The molecule has 0 aliphatic heterocycles. The quantitative estimate of drug-likeness (QED) is 0.530. The summed E-state index contributed by atoms with van der Waals surface area (Å²) in [6, 6.07) is 10.4. The van der Waals surface area contributed by atoms with Crippen LogP contribution in [0.3, 0.4) is 0 Å². The van der Waals surface area contributed by atoms with Crippen molar-refractivity contribution in [1.82, 2.24) is 24.3 Å². The lowest BCUT2D eigenvalue weighted by atomic mass is 10.2. The number of hydrogen-bond acceptors (Lipinski definition) is 5. The van der Waals surface area contributed by atoms with E-state index >= 15 is 0 Å². The molecule has 0 fully saturated rings. The summed E-state index contributed by atoms with van der Waals surface area (Å²) in [7, 11) is 1.49. The monoisotopic (exact) mass is 360 g/mol. The van der Waals surface area contributed by atoms with Crippen LogP contribution in [-0.4, -0.2) is 31.9 Å². The van der Waals surface area contributed by atoms with Crippen LogP contribution in [0.5, 0.6) is 0 Å². The smallest absolute Gasteiger partial charge is 0.267 e. The highest BCUT2D eigenvalue weighted by molar-refractivity contribution is 5.96. The molecule has 0 aliphatic carbocycles. The number of aromatic nitrogens is 4. The Morgan fingerprint density at radius 2 is 2.11 bits per heavy atom. The predicted octanol–water partition coefficient (Wildman–Crippen LogP) is 0.932. The molecule has 4 aromatic heterocycles. The third-order valence-electron chi connectivity index (χ3n) is 4.35. The second-order valence-corrected chi connectivity index (χ2v) is 6.02. The van der Waals surface area contributed by atoms with Crippen LogP contribution in [0.2, 0.25) is 0 Å². The summed E-state index contributed by atoms with van der Waals surface area (Å²) in [5.74, 6) is -0.431. The van der Waals surface area contributed by atoms with Crippen LogP contribution in [0.25, 0.3) is 16.7 Å². The lowest BCUT2D eigenvalue weighted by Gasteiger charge is -2.14.